The average molecular weight is 312 g/mol. The smallest absolute Gasteiger partial charge is 0.255 e. The maximum absolute atomic E-state index is 12.2. The molecule has 0 fully saturated rings. The van der Waals surface area contributed by atoms with Crippen molar-refractivity contribution in [2.45, 2.75) is 13.0 Å². The first-order chi connectivity index (χ1) is 8.24. The lowest BCUT2D eigenvalue weighted by molar-refractivity contribution is 0.0735. The lowest BCUT2D eigenvalue weighted by Gasteiger charge is -2.26. The van der Waals surface area contributed by atoms with Gasteiger partial charge in [-0.1, -0.05) is 0 Å². The quantitative estimate of drug-likeness (QED) is 0.879. The zero-order chi connectivity index (χ0) is 11.8. The fourth-order valence-corrected chi connectivity index (χ4v) is 3.13. The van der Waals surface area contributed by atoms with Gasteiger partial charge in [0.25, 0.3) is 5.91 Å². The Labute approximate surface area is 111 Å². The van der Waals surface area contributed by atoms with Gasteiger partial charge in [0.2, 0.25) is 0 Å². The Balaban J connectivity index is 1.81. The summed E-state index contributed by atoms with van der Waals surface area (Å²) < 4.78 is 0.988. The first-order valence-electron chi connectivity index (χ1n) is 5.28. The number of halogens is 1. The molecule has 1 amide bonds. The lowest BCUT2D eigenvalue weighted by atomic mass is 10.1. The normalized spacial score (nSPS) is 14.8. The third-order valence-corrected chi connectivity index (χ3v) is 4.41. The summed E-state index contributed by atoms with van der Waals surface area (Å²) in [6.07, 6.45) is 2.66. The Kier molecular flexibility index (Phi) is 2.76. The molecule has 1 N–H and O–H groups in total. The molecule has 0 saturated carbocycles. The molecule has 0 spiro atoms. The number of H-pyrrole nitrogens is 1. The van der Waals surface area contributed by atoms with E-state index in [0.717, 1.165) is 33.6 Å². The predicted molar refractivity (Wildman–Crippen MR) is 69.1 cm³/mol. The van der Waals surface area contributed by atoms with Gasteiger partial charge in [-0.2, -0.15) is 5.10 Å². The van der Waals surface area contributed by atoms with Crippen LogP contribution in [0.15, 0.2) is 21.4 Å². The van der Waals surface area contributed by atoms with Crippen molar-refractivity contribution in [3.63, 3.8) is 0 Å². The second-order valence-corrected chi connectivity index (χ2v) is 6.28. The van der Waals surface area contributed by atoms with E-state index >= 15 is 0 Å². The van der Waals surface area contributed by atoms with Crippen molar-refractivity contribution in [1.82, 2.24) is 15.1 Å². The highest BCUT2D eigenvalue weighted by Crippen LogP contribution is 2.24. The number of nitrogens with zero attached hydrogens (tertiary/aromatic N) is 2. The number of aromatic nitrogens is 2. The number of amides is 1. The second-order valence-electron chi connectivity index (χ2n) is 3.99. The maximum Gasteiger partial charge on any atom is 0.255 e. The van der Waals surface area contributed by atoms with Gasteiger partial charge in [-0.25, -0.2) is 0 Å². The molecule has 6 heteroatoms. The van der Waals surface area contributed by atoms with Crippen LogP contribution in [0.5, 0.6) is 0 Å². The van der Waals surface area contributed by atoms with Gasteiger partial charge in [0.15, 0.2) is 0 Å². The number of nitrogens with one attached hydrogen (secondary N) is 1. The van der Waals surface area contributed by atoms with Crippen LogP contribution >= 0.6 is 27.3 Å². The third-order valence-electron chi connectivity index (χ3n) is 2.90. The molecular formula is C11H10BrN3OS. The highest BCUT2D eigenvalue weighted by atomic mass is 79.9. The van der Waals surface area contributed by atoms with Crippen LogP contribution in [0, 0.1) is 0 Å². The van der Waals surface area contributed by atoms with E-state index in [0.29, 0.717) is 6.54 Å². The molecule has 0 saturated heterocycles. The van der Waals surface area contributed by atoms with Crippen LogP contribution in [0.3, 0.4) is 0 Å². The molecule has 2 aromatic heterocycles. The summed E-state index contributed by atoms with van der Waals surface area (Å²) in [5, 5.41) is 8.86. The number of hydrogen-bond donors (Lipinski definition) is 1. The van der Waals surface area contributed by atoms with Crippen molar-refractivity contribution in [2.75, 3.05) is 6.54 Å². The van der Waals surface area contributed by atoms with E-state index in [1.165, 1.54) is 11.3 Å². The van der Waals surface area contributed by atoms with Crippen LogP contribution in [-0.2, 0) is 13.0 Å². The molecule has 3 rings (SSSR count). The minimum atomic E-state index is 0.0961. The number of aromatic amines is 1. The molecule has 3 heterocycles. The van der Waals surface area contributed by atoms with Crippen LogP contribution in [0.25, 0.3) is 0 Å². The number of carbonyl (C=O) groups excluding carboxylic acids is 1. The topological polar surface area (TPSA) is 49.0 Å². The van der Waals surface area contributed by atoms with Crippen LogP contribution in [0.2, 0.25) is 0 Å². The number of fused-ring (bicyclic) bond motifs is 1. The van der Waals surface area contributed by atoms with Gasteiger partial charge in [0.1, 0.15) is 0 Å². The highest BCUT2D eigenvalue weighted by molar-refractivity contribution is 9.11. The zero-order valence-corrected chi connectivity index (χ0v) is 11.3. The fraction of sp³-hybridized carbons (Fsp3) is 0.273. The molecule has 0 radical (unpaired) electrons. The zero-order valence-electron chi connectivity index (χ0n) is 8.94. The monoisotopic (exact) mass is 311 g/mol. The molecule has 1 aliphatic rings. The third kappa shape index (κ3) is 2.02. The van der Waals surface area contributed by atoms with E-state index < -0.39 is 0 Å². The van der Waals surface area contributed by atoms with Crippen molar-refractivity contribution < 1.29 is 4.79 Å². The highest BCUT2D eigenvalue weighted by Gasteiger charge is 2.23. The summed E-state index contributed by atoms with van der Waals surface area (Å²) >= 11 is 4.91. The Morgan fingerprint density at radius 3 is 3.24 bits per heavy atom. The molecule has 0 bridgehead atoms. The van der Waals surface area contributed by atoms with Gasteiger partial charge >= 0.3 is 0 Å². The summed E-state index contributed by atoms with van der Waals surface area (Å²) in [5.74, 6) is 0.0961. The van der Waals surface area contributed by atoms with Gasteiger partial charge in [-0.3, -0.25) is 9.89 Å². The number of hydrogen-bond acceptors (Lipinski definition) is 3. The second kappa shape index (κ2) is 4.27. The van der Waals surface area contributed by atoms with Gasteiger partial charge in [-0.05, 0) is 22.0 Å². The summed E-state index contributed by atoms with van der Waals surface area (Å²) in [6, 6.07) is 1.87. The van der Waals surface area contributed by atoms with Crippen LogP contribution in [0.4, 0.5) is 0 Å². The summed E-state index contributed by atoms with van der Waals surface area (Å²) in [7, 11) is 0. The molecule has 0 atom stereocenters. The summed E-state index contributed by atoms with van der Waals surface area (Å²) in [4.78, 5) is 14.1. The van der Waals surface area contributed by atoms with E-state index in [-0.39, 0.29) is 5.91 Å². The molecule has 2 aromatic rings. The minimum Gasteiger partial charge on any atom is -0.334 e. The largest absolute Gasteiger partial charge is 0.334 e. The van der Waals surface area contributed by atoms with Crippen molar-refractivity contribution >= 4 is 33.2 Å². The molecule has 0 unspecified atom stereocenters. The Bertz CT molecular complexity index is 563. The molecular weight excluding hydrogens is 302 g/mol. The predicted octanol–water partition coefficient (Wildman–Crippen LogP) is 2.43. The van der Waals surface area contributed by atoms with E-state index in [1.807, 2.05) is 16.3 Å². The van der Waals surface area contributed by atoms with Crippen molar-refractivity contribution in [2.24, 2.45) is 0 Å². The number of rotatable bonds is 1. The molecule has 0 aliphatic carbocycles. The minimum absolute atomic E-state index is 0.0961. The van der Waals surface area contributed by atoms with Gasteiger partial charge in [0.05, 0.1) is 15.5 Å². The number of carbonyl (C=O) groups is 1. The van der Waals surface area contributed by atoms with Gasteiger partial charge in [-0.15, -0.1) is 11.3 Å². The Morgan fingerprint density at radius 1 is 1.59 bits per heavy atom. The first-order valence-corrected chi connectivity index (χ1v) is 6.96. The molecule has 1 aliphatic heterocycles. The van der Waals surface area contributed by atoms with E-state index in [9.17, 15) is 4.79 Å². The van der Waals surface area contributed by atoms with Crippen LogP contribution in [0.1, 0.15) is 21.6 Å². The average Bonchev–Trinajstić information content (AvgIpc) is 2.95. The van der Waals surface area contributed by atoms with Crippen molar-refractivity contribution in [1.29, 1.82) is 0 Å². The summed E-state index contributed by atoms with van der Waals surface area (Å²) in [5.41, 5.74) is 3.04. The number of thiophene rings is 1. The van der Waals surface area contributed by atoms with Gasteiger partial charge in [0, 0.05) is 36.1 Å². The van der Waals surface area contributed by atoms with Crippen molar-refractivity contribution in [3.05, 3.63) is 38.3 Å². The molecule has 17 heavy (non-hydrogen) atoms. The SMILES string of the molecule is O=C(c1csc(Br)c1)N1CCc2[nH]ncc2C1. The van der Waals surface area contributed by atoms with E-state index in [2.05, 4.69) is 26.1 Å². The Hall–Kier alpha value is -1.14. The van der Waals surface area contributed by atoms with Crippen molar-refractivity contribution in [3.8, 4) is 0 Å². The Morgan fingerprint density at radius 2 is 2.47 bits per heavy atom. The standard InChI is InChI=1S/C11H10BrN3OS/c12-10-3-7(6-17-10)11(16)15-2-1-9-8(5-15)4-13-14-9/h3-4,6H,1-2,5H2,(H,13,14). The fourth-order valence-electron chi connectivity index (χ4n) is 2.00. The molecule has 88 valence electrons. The van der Waals surface area contributed by atoms with E-state index in [1.54, 1.807) is 6.20 Å². The van der Waals surface area contributed by atoms with Crippen LogP contribution < -0.4 is 0 Å². The molecule has 4 nitrogen and oxygen atoms in total. The van der Waals surface area contributed by atoms with Crippen LogP contribution in [-0.4, -0.2) is 27.5 Å². The van der Waals surface area contributed by atoms with E-state index in [4.69, 9.17) is 0 Å². The first kappa shape index (κ1) is 11.0. The van der Waals surface area contributed by atoms with Gasteiger partial charge < -0.3 is 4.90 Å². The summed E-state index contributed by atoms with van der Waals surface area (Å²) in [6.45, 7) is 1.40. The maximum atomic E-state index is 12.2. The molecule has 0 aromatic carbocycles. The lowest BCUT2D eigenvalue weighted by Crippen LogP contribution is -2.35.